The standard InChI is InChI=1S/C20H28N4OS/c1-14-8-6-11-17(15(14)2)19(25)21-13-7-12-18-22-23-20(26-3)24(18)16-9-4-5-10-16/h6,8,11,16H,4-5,7,9-10,12-13H2,1-3H3,(H,21,25). The van der Waals surface area contributed by atoms with E-state index in [1.807, 2.05) is 32.0 Å². The van der Waals surface area contributed by atoms with Crippen LogP contribution in [0.3, 0.4) is 0 Å². The number of aryl methyl sites for hydroxylation is 2. The van der Waals surface area contributed by atoms with Gasteiger partial charge in [-0.1, -0.05) is 36.7 Å². The summed E-state index contributed by atoms with van der Waals surface area (Å²) < 4.78 is 2.34. The summed E-state index contributed by atoms with van der Waals surface area (Å²) >= 11 is 1.67. The Balaban J connectivity index is 1.56. The van der Waals surface area contributed by atoms with Crippen LogP contribution >= 0.6 is 11.8 Å². The average molecular weight is 373 g/mol. The largest absolute Gasteiger partial charge is 0.352 e. The zero-order valence-corrected chi connectivity index (χ0v) is 16.7. The Morgan fingerprint density at radius 2 is 2.04 bits per heavy atom. The highest BCUT2D eigenvalue weighted by atomic mass is 32.2. The lowest BCUT2D eigenvalue weighted by atomic mass is 10.0. The minimum atomic E-state index is 0.00765. The van der Waals surface area contributed by atoms with Crippen LogP contribution in [0.4, 0.5) is 0 Å². The van der Waals surface area contributed by atoms with E-state index in [1.165, 1.54) is 25.7 Å². The molecule has 1 saturated carbocycles. The molecule has 26 heavy (non-hydrogen) atoms. The summed E-state index contributed by atoms with van der Waals surface area (Å²) in [6, 6.07) is 6.40. The van der Waals surface area contributed by atoms with Gasteiger partial charge in [-0.15, -0.1) is 10.2 Å². The highest BCUT2D eigenvalue weighted by Gasteiger charge is 2.23. The molecule has 1 aliphatic carbocycles. The van der Waals surface area contributed by atoms with Crippen LogP contribution in [0.15, 0.2) is 23.4 Å². The quantitative estimate of drug-likeness (QED) is 0.587. The van der Waals surface area contributed by atoms with Gasteiger partial charge in [0.2, 0.25) is 0 Å². The third-order valence-corrected chi connectivity index (χ3v) is 5.96. The number of hydrogen-bond donors (Lipinski definition) is 1. The van der Waals surface area contributed by atoms with Gasteiger partial charge in [-0.25, -0.2) is 0 Å². The van der Waals surface area contributed by atoms with Crippen LogP contribution < -0.4 is 5.32 Å². The van der Waals surface area contributed by atoms with Gasteiger partial charge in [-0.05, 0) is 56.6 Å². The predicted octanol–water partition coefficient (Wildman–Crippen LogP) is 4.09. The van der Waals surface area contributed by atoms with Crippen molar-refractivity contribution in [1.82, 2.24) is 20.1 Å². The summed E-state index contributed by atoms with van der Waals surface area (Å²) in [5.74, 6) is 1.07. The topological polar surface area (TPSA) is 59.8 Å². The first kappa shape index (κ1) is 19.0. The van der Waals surface area contributed by atoms with Crippen LogP contribution in [0, 0.1) is 13.8 Å². The Labute approximate surface area is 160 Å². The maximum Gasteiger partial charge on any atom is 0.251 e. The van der Waals surface area contributed by atoms with Gasteiger partial charge < -0.3 is 9.88 Å². The van der Waals surface area contributed by atoms with Crippen molar-refractivity contribution < 1.29 is 4.79 Å². The van der Waals surface area contributed by atoms with E-state index in [9.17, 15) is 4.79 Å². The number of aromatic nitrogens is 3. The molecule has 0 unspecified atom stereocenters. The van der Waals surface area contributed by atoms with Crippen LogP contribution in [-0.4, -0.2) is 33.5 Å². The second-order valence-electron chi connectivity index (χ2n) is 7.02. The number of hydrogen-bond acceptors (Lipinski definition) is 4. The van der Waals surface area contributed by atoms with Crippen LogP contribution in [0.1, 0.15) is 65.5 Å². The number of benzene rings is 1. The minimum Gasteiger partial charge on any atom is -0.352 e. The van der Waals surface area contributed by atoms with Crippen LogP contribution in [0.25, 0.3) is 0 Å². The van der Waals surface area contributed by atoms with Gasteiger partial charge in [-0.3, -0.25) is 4.79 Å². The molecular weight excluding hydrogens is 344 g/mol. The van der Waals surface area contributed by atoms with Crippen molar-refractivity contribution in [3.8, 4) is 0 Å². The third-order valence-electron chi connectivity index (χ3n) is 5.32. The monoisotopic (exact) mass is 372 g/mol. The van der Waals surface area contributed by atoms with E-state index in [-0.39, 0.29) is 5.91 Å². The van der Waals surface area contributed by atoms with Crippen molar-refractivity contribution in [2.24, 2.45) is 0 Å². The van der Waals surface area contributed by atoms with Crippen LogP contribution in [0.2, 0.25) is 0 Å². The Kier molecular flexibility index (Phi) is 6.35. The Hall–Kier alpha value is -1.82. The maximum atomic E-state index is 12.4. The van der Waals surface area contributed by atoms with E-state index in [0.717, 1.165) is 40.5 Å². The number of rotatable bonds is 7. The molecule has 0 atom stereocenters. The molecule has 140 valence electrons. The van der Waals surface area contributed by atoms with E-state index >= 15 is 0 Å². The van der Waals surface area contributed by atoms with Crippen LogP contribution in [0.5, 0.6) is 0 Å². The molecule has 0 bridgehead atoms. The van der Waals surface area contributed by atoms with Crippen molar-refractivity contribution in [3.05, 3.63) is 40.7 Å². The molecule has 6 heteroatoms. The summed E-state index contributed by atoms with van der Waals surface area (Å²) in [7, 11) is 0. The molecule has 0 radical (unpaired) electrons. The van der Waals surface area contributed by atoms with Gasteiger partial charge in [0.1, 0.15) is 5.82 Å². The molecule has 5 nitrogen and oxygen atoms in total. The van der Waals surface area contributed by atoms with Gasteiger partial charge >= 0.3 is 0 Å². The molecule has 1 heterocycles. The molecule has 1 fully saturated rings. The number of carbonyl (C=O) groups excluding carboxylic acids is 1. The van der Waals surface area contributed by atoms with E-state index < -0.39 is 0 Å². The van der Waals surface area contributed by atoms with Gasteiger partial charge in [0.15, 0.2) is 5.16 Å². The van der Waals surface area contributed by atoms with E-state index in [4.69, 9.17) is 0 Å². The molecule has 1 aromatic heterocycles. The van der Waals surface area contributed by atoms with E-state index in [0.29, 0.717) is 12.6 Å². The van der Waals surface area contributed by atoms with E-state index in [2.05, 4.69) is 26.3 Å². The molecule has 1 aromatic carbocycles. The lowest BCUT2D eigenvalue weighted by molar-refractivity contribution is 0.0952. The summed E-state index contributed by atoms with van der Waals surface area (Å²) in [5.41, 5.74) is 2.96. The normalized spacial score (nSPS) is 14.7. The van der Waals surface area contributed by atoms with E-state index in [1.54, 1.807) is 11.8 Å². The van der Waals surface area contributed by atoms with Crippen molar-refractivity contribution >= 4 is 17.7 Å². The summed E-state index contributed by atoms with van der Waals surface area (Å²) in [4.78, 5) is 12.4. The molecular formula is C20H28N4OS. The summed E-state index contributed by atoms with van der Waals surface area (Å²) in [6.45, 7) is 4.68. The SMILES string of the molecule is CSc1nnc(CCCNC(=O)c2cccc(C)c2C)n1C1CCCC1. The van der Waals surface area contributed by atoms with Crippen molar-refractivity contribution in [2.45, 2.75) is 63.6 Å². The van der Waals surface area contributed by atoms with Crippen molar-refractivity contribution in [2.75, 3.05) is 12.8 Å². The van der Waals surface area contributed by atoms with Gasteiger partial charge in [0.05, 0.1) is 0 Å². The molecule has 1 aliphatic rings. The lowest BCUT2D eigenvalue weighted by Crippen LogP contribution is -2.26. The molecule has 1 amide bonds. The van der Waals surface area contributed by atoms with Gasteiger partial charge in [0, 0.05) is 24.6 Å². The fourth-order valence-electron chi connectivity index (χ4n) is 3.69. The maximum absolute atomic E-state index is 12.4. The Morgan fingerprint density at radius 1 is 1.27 bits per heavy atom. The molecule has 0 spiro atoms. The van der Waals surface area contributed by atoms with Crippen LogP contribution in [-0.2, 0) is 6.42 Å². The fraction of sp³-hybridized carbons (Fsp3) is 0.550. The van der Waals surface area contributed by atoms with Gasteiger partial charge in [-0.2, -0.15) is 0 Å². The predicted molar refractivity (Wildman–Crippen MR) is 106 cm³/mol. The number of thioether (sulfide) groups is 1. The second-order valence-corrected chi connectivity index (χ2v) is 7.79. The second kappa shape index (κ2) is 8.71. The first-order valence-corrected chi connectivity index (χ1v) is 10.7. The first-order chi connectivity index (χ1) is 12.6. The van der Waals surface area contributed by atoms with Crippen molar-refractivity contribution in [1.29, 1.82) is 0 Å². The van der Waals surface area contributed by atoms with Crippen molar-refractivity contribution in [3.63, 3.8) is 0 Å². The zero-order chi connectivity index (χ0) is 18.5. The molecule has 2 aromatic rings. The molecule has 3 rings (SSSR count). The number of nitrogens with one attached hydrogen (secondary N) is 1. The lowest BCUT2D eigenvalue weighted by Gasteiger charge is -2.16. The highest BCUT2D eigenvalue weighted by molar-refractivity contribution is 7.98. The molecule has 0 saturated heterocycles. The Bertz CT molecular complexity index is 765. The zero-order valence-electron chi connectivity index (χ0n) is 15.9. The highest BCUT2D eigenvalue weighted by Crippen LogP contribution is 2.33. The summed E-state index contributed by atoms with van der Waals surface area (Å²) in [5, 5.41) is 12.8. The number of amides is 1. The Morgan fingerprint density at radius 3 is 2.77 bits per heavy atom. The number of nitrogens with zero attached hydrogens (tertiary/aromatic N) is 3. The first-order valence-electron chi connectivity index (χ1n) is 9.44. The molecule has 0 aliphatic heterocycles. The summed E-state index contributed by atoms with van der Waals surface area (Å²) in [6.07, 6.45) is 8.81. The average Bonchev–Trinajstić information content (AvgIpc) is 3.29. The minimum absolute atomic E-state index is 0.00765. The smallest absolute Gasteiger partial charge is 0.251 e. The fourth-order valence-corrected chi connectivity index (χ4v) is 4.26. The third kappa shape index (κ3) is 4.11. The molecule has 1 N–H and O–H groups in total. The van der Waals surface area contributed by atoms with Gasteiger partial charge in [0.25, 0.3) is 5.91 Å². The number of carbonyl (C=O) groups is 1.